The number of anilines is 1. The van der Waals surface area contributed by atoms with Crippen molar-refractivity contribution in [1.29, 1.82) is 0 Å². The van der Waals surface area contributed by atoms with Crippen molar-refractivity contribution in [2.75, 3.05) is 17.6 Å². The monoisotopic (exact) mass is 406 g/mol. The van der Waals surface area contributed by atoms with Crippen molar-refractivity contribution in [3.8, 4) is 0 Å². The van der Waals surface area contributed by atoms with Gasteiger partial charge in [-0.2, -0.15) is 0 Å². The average Bonchev–Trinajstić information content (AvgIpc) is 2.67. The number of carbonyl (C=O) groups is 1. The highest BCUT2D eigenvalue weighted by atomic mass is 32.2. The molecule has 0 aliphatic carbocycles. The lowest BCUT2D eigenvalue weighted by atomic mass is 10.1. The molecule has 2 rings (SSSR count). The lowest BCUT2D eigenvalue weighted by molar-refractivity contribution is 0.0938. The zero-order chi connectivity index (χ0) is 20.0. The van der Waals surface area contributed by atoms with Crippen LogP contribution in [0.4, 0.5) is 5.69 Å². The smallest absolute Gasteiger partial charge is 0.264 e. The largest absolute Gasteiger partial charge is 0.350 e. The zero-order valence-corrected chi connectivity index (χ0v) is 17.7. The minimum Gasteiger partial charge on any atom is -0.350 e. The van der Waals surface area contributed by atoms with Gasteiger partial charge >= 0.3 is 0 Å². The molecule has 0 saturated heterocycles. The first kappa shape index (κ1) is 21.3. The van der Waals surface area contributed by atoms with Crippen molar-refractivity contribution in [2.45, 2.75) is 42.5 Å². The first-order chi connectivity index (χ1) is 12.8. The Labute approximate surface area is 166 Å². The molecule has 27 heavy (non-hydrogen) atoms. The third kappa shape index (κ3) is 5.26. The topological polar surface area (TPSA) is 66.5 Å². The summed E-state index contributed by atoms with van der Waals surface area (Å²) < 4.78 is 26.8. The van der Waals surface area contributed by atoms with Crippen LogP contribution >= 0.6 is 11.8 Å². The molecule has 0 bridgehead atoms. The fraction of sp³-hybridized carbons (Fsp3) is 0.350. The Morgan fingerprint density at radius 2 is 1.70 bits per heavy atom. The van der Waals surface area contributed by atoms with Gasteiger partial charge < -0.3 is 5.32 Å². The number of carbonyl (C=O) groups excluding carboxylic acids is 1. The Morgan fingerprint density at radius 3 is 2.22 bits per heavy atom. The molecule has 5 nitrogen and oxygen atoms in total. The Balaban J connectivity index is 2.16. The van der Waals surface area contributed by atoms with Crippen LogP contribution in [0.3, 0.4) is 0 Å². The predicted octanol–water partition coefficient (Wildman–Crippen LogP) is 4.15. The zero-order valence-electron chi connectivity index (χ0n) is 16.1. The summed E-state index contributed by atoms with van der Waals surface area (Å²) in [4.78, 5) is 13.5. The van der Waals surface area contributed by atoms with Crippen LogP contribution in [0.2, 0.25) is 0 Å². The molecule has 0 radical (unpaired) electrons. The van der Waals surface area contributed by atoms with Crippen LogP contribution in [0.1, 0.15) is 37.0 Å². The minimum absolute atomic E-state index is 0.106. The molecule has 146 valence electrons. The summed E-state index contributed by atoms with van der Waals surface area (Å²) in [5.74, 6) is -0.152. The van der Waals surface area contributed by atoms with Crippen LogP contribution in [0.25, 0.3) is 0 Å². The molecule has 1 amide bonds. The molecule has 0 aromatic heterocycles. The fourth-order valence-electron chi connectivity index (χ4n) is 2.68. The number of benzene rings is 2. The first-order valence-electron chi connectivity index (χ1n) is 8.83. The van der Waals surface area contributed by atoms with Crippen LogP contribution < -0.4 is 9.62 Å². The maximum absolute atomic E-state index is 12.8. The third-order valence-corrected chi connectivity index (χ3v) is 6.85. The van der Waals surface area contributed by atoms with Crippen molar-refractivity contribution in [1.82, 2.24) is 5.32 Å². The molecule has 0 aliphatic rings. The molecule has 0 fully saturated rings. The highest BCUT2D eigenvalue weighted by Crippen LogP contribution is 2.24. The number of nitrogens with zero attached hydrogens (tertiary/aromatic N) is 1. The van der Waals surface area contributed by atoms with E-state index in [1.165, 1.54) is 11.4 Å². The highest BCUT2D eigenvalue weighted by Gasteiger charge is 2.21. The highest BCUT2D eigenvalue weighted by molar-refractivity contribution is 7.98. The molecule has 0 spiro atoms. The number of hydrogen-bond acceptors (Lipinski definition) is 4. The molecule has 7 heteroatoms. The first-order valence-corrected chi connectivity index (χ1v) is 11.5. The SMILES string of the molecule is CCCC(C)NC(=O)c1ccc(N(C)S(=O)(=O)c2ccc(SC)cc2)cc1. The quantitative estimate of drug-likeness (QED) is 0.669. The van der Waals surface area contributed by atoms with Gasteiger partial charge in [0.25, 0.3) is 15.9 Å². The summed E-state index contributed by atoms with van der Waals surface area (Å²) in [6.45, 7) is 4.04. The van der Waals surface area contributed by atoms with Crippen molar-refractivity contribution in [3.05, 3.63) is 54.1 Å². The van der Waals surface area contributed by atoms with E-state index in [0.29, 0.717) is 11.3 Å². The molecular weight excluding hydrogens is 380 g/mol. The Hall–Kier alpha value is -1.99. The molecule has 0 aliphatic heterocycles. The summed E-state index contributed by atoms with van der Waals surface area (Å²) in [7, 11) is -2.14. The van der Waals surface area contributed by atoms with Gasteiger partial charge in [-0.15, -0.1) is 11.8 Å². The average molecular weight is 407 g/mol. The van der Waals surface area contributed by atoms with E-state index in [4.69, 9.17) is 0 Å². The van der Waals surface area contributed by atoms with Gasteiger partial charge in [-0.1, -0.05) is 13.3 Å². The van der Waals surface area contributed by atoms with Crippen LogP contribution in [0.15, 0.2) is 58.3 Å². The number of nitrogens with one attached hydrogen (secondary N) is 1. The van der Waals surface area contributed by atoms with Crippen molar-refractivity contribution in [2.24, 2.45) is 0 Å². The number of thioether (sulfide) groups is 1. The van der Waals surface area contributed by atoms with Gasteiger partial charge in [-0.05, 0) is 68.1 Å². The van der Waals surface area contributed by atoms with Gasteiger partial charge in [-0.3, -0.25) is 9.10 Å². The summed E-state index contributed by atoms with van der Waals surface area (Å²) >= 11 is 1.56. The second-order valence-electron chi connectivity index (χ2n) is 6.36. The van der Waals surface area contributed by atoms with Gasteiger partial charge in [0.05, 0.1) is 10.6 Å². The van der Waals surface area contributed by atoms with E-state index in [0.717, 1.165) is 17.7 Å². The van der Waals surface area contributed by atoms with Gasteiger partial charge in [0.2, 0.25) is 0 Å². The summed E-state index contributed by atoms with van der Waals surface area (Å²) in [6, 6.07) is 13.5. The third-order valence-electron chi connectivity index (χ3n) is 4.31. The van der Waals surface area contributed by atoms with Gasteiger partial charge in [0.1, 0.15) is 0 Å². The Bertz CT molecular complexity index is 863. The van der Waals surface area contributed by atoms with Crippen LogP contribution in [0, 0.1) is 0 Å². The lowest BCUT2D eigenvalue weighted by Gasteiger charge is -2.20. The van der Waals surface area contributed by atoms with Crippen LogP contribution in [-0.4, -0.2) is 33.7 Å². The second kappa shape index (κ2) is 9.28. The van der Waals surface area contributed by atoms with Crippen LogP contribution in [0.5, 0.6) is 0 Å². The molecule has 2 aromatic rings. The minimum atomic E-state index is -3.65. The molecule has 1 unspecified atom stereocenters. The lowest BCUT2D eigenvalue weighted by Crippen LogP contribution is -2.32. The standard InChI is InChI=1S/C20H26N2O3S2/c1-5-6-15(2)21-20(23)16-7-9-17(10-8-16)22(3)27(24,25)19-13-11-18(26-4)12-14-19/h7-15H,5-6H2,1-4H3,(H,21,23). The normalized spacial score (nSPS) is 12.4. The van der Waals surface area contributed by atoms with E-state index < -0.39 is 10.0 Å². The summed E-state index contributed by atoms with van der Waals surface area (Å²) in [6.07, 6.45) is 3.86. The summed E-state index contributed by atoms with van der Waals surface area (Å²) in [5.41, 5.74) is 1.01. The van der Waals surface area contributed by atoms with E-state index in [2.05, 4.69) is 12.2 Å². The molecule has 0 saturated carbocycles. The number of rotatable bonds is 8. The van der Waals surface area contributed by atoms with Gasteiger partial charge in [0.15, 0.2) is 0 Å². The van der Waals surface area contributed by atoms with E-state index in [1.807, 2.05) is 13.2 Å². The molecule has 2 aromatic carbocycles. The Kier molecular flexibility index (Phi) is 7.33. The molecular formula is C20H26N2O3S2. The maximum Gasteiger partial charge on any atom is 0.264 e. The van der Waals surface area contributed by atoms with E-state index in [9.17, 15) is 13.2 Å². The Morgan fingerprint density at radius 1 is 1.11 bits per heavy atom. The van der Waals surface area contributed by atoms with Crippen LogP contribution in [-0.2, 0) is 10.0 Å². The summed E-state index contributed by atoms with van der Waals surface area (Å²) in [5, 5.41) is 2.94. The number of hydrogen-bond donors (Lipinski definition) is 1. The maximum atomic E-state index is 12.8. The van der Waals surface area contributed by atoms with E-state index in [-0.39, 0.29) is 16.8 Å². The van der Waals surface area contributed by atoms with Gasteiger partial charge in [-0.25, -0.2) is 8.42 Å². The second-order valence-corrected chi connectivity index (χ2v) is 9.21. The molecule has 0 heterocycles. The van der Waals surface area contributed by atoms with E-state index in [1.54, 1.807) is 60.3 Å². The van der Waals surface area contributed by atoms with Crippen molar-refractivity contribution >= 4 is 33.4 Å². The predicted molar refractivity (Wildman–Crippen MR) is 112 cm³/mol. The fourth-order valence-corrected chi connectivity index (χ4v) is 4.28. The molecule has 1 atom stereocenters. The van der Waals surface area contributed by atoms with E-state index >= 15 is 0 Å². The number of amides is 1. The number of sulfonamides is 1. The van der Waals surface area contributed by atoms with Crippen molar-refractivity contribution in [3.63, 3.8) is 0 Å². The van der Waals surface area contributed by atoms with Gasteiger partial charge in [0, 0.05) is 23.5 Å². The molecule has 1 N–H and O–H groups in total. The van der Waals surface area contributed by atoms with Crippen molar-refractivity contribution < 1.29 is 13.2 Å².